The SMILES string of the molecule is O=C(COc1cccc(C(F)(F)F)c1)NCc1nc(-c2ccccc2Cl)no1. The van der Waals surface area contributed by atoms with Gasteiger partial charge in [-0.2, -0.15) is 18.2 Å². The number of aromatic nitrogens is 2. The average molecular weight is 412 g/mol. The van der Waals surface area contributed by atoms with Crippen LogP contribution in [0, 0.1) is 0 Å². The van der Waals surface area contributed by atoms with Crippen molar-refractivity contribution in [2.24, 2.45) is 0 Å². The van der Waals surface area contributed by atoms with Crippen LogP contribution in [-0.2, 0) is 17.5 Å². The fraction of sp³-hybridized carbons (Fsp3) is 0.167. The van der Waals surface area contributed by atoms with Crippen molar-refractivity contribution in [1.29, 1.82) is 0 Å². The molecule has 0 aliphatic rings. The summed E-state index contributed by atoms with van der Waals surface area (Å²) in [5, 5.41) is 6.72. The van der Waals surface area contributed by atoms with Gasteiger partial charge in [0.05, 0.1) is 17.1 Å². The van der Waals surface area contributed by atoms with Crippen molar-refractivity contribution in [2.75, 3.05) is 6.61 Å². The number of carbonyl (C=O) groups excluding carboxylic acids is 1. The first-order chi connectivity index (χ1) is 13.3. The number of hydrogen-bond donors (Lipinski definition) is 1. The van der Waals surface area contributed by atoms with Crippen LogP contribution in [0.1, 0.15) is 11.5 Å². The molecule has 28 heavy (non-hydrogen) atoms. The molecule has 0 radical (unpaired) electrons. The molecule has 6 nitrogen and oxygen atoms in total. The third-order valence-electron chi connectivity index (χ3n) is 3.55. The summed E-state index contributed by atoms with van der Waals surface area (Å²) in [6.07, 6.45) is -4.49. The fourth-order valence-corrected chi connectivity index (χ4v) is 2.44. The summed E-state index contributed by atoms with van der Waals surface area (Å²) in [5.74, 6) is -0.212. The lowest BCUT2D eigenvalue weighted by Gasteiger charge is -2.10. The molecule has 10 heteroatoms. The number of amides is 1. The van der Waals surface area contributed by atoms with Gasteiger partial charge in [0.1, 0.15) is 5.75 Å². The largest absolute Gasteiger partial charge is 0.484 e. The van der Waals surface area contributed by atoms with Crippen molar-refractivity contribution in [3.05, 3.63) is 65.0 Å². The van der Waals surface area contributed by atoms with E-state index in [9.17, 15) is 18.0 Å². The van der Waals surface area contributed by atoms with Gasteiger partial charge in [-0.1, -0.05) is 35.0 Å². The maximum atomic E-state index is 12.7. The van der Waals surface area contributed by atoms with E-state index in [2.05, 4.69) is 15.5 Å². The highest BCUT2D eigenvalue weighted by Crippen LogP contribution is 2.31. The monoisotopic (exact) mass is 411 g/mol. The summed E-state index contributed by atoms with van der Waals surface area (Å²) in [6.45, 7) is -0.533. The van der Waals surface area contributed by atoms with Gasteiger partial charge in [-0.3, -0.25) is 4.79 Å². The molecular weight excluding hydrogens is 399 g/mol. The fourth-order valence-electron chi connectivity index (χ4n) is 2.21. The van der Waals surface area contributed by atoms with Crippen LogP contribution in [0.15, 0.2) is 53.1 Å². The molecule has 0 spiro atoms. The Morgan fingerprint density at radius 1 is 1.18 bits per heavy atom. The van der Waals surface area contributed by atoms with Crippen LogP contribution in [0.3, 0.4) is 0 Å². The first kappa shape index (κ1) is 19.7. The van der Waals surface area contributed by atoms with E-state index in [1.54, 1.807) is 24.3 Å². The minimum Gasteiger partial charge on any atom is -0.484 e. The van der Waals surface area contributed by atoms with E-state index in [-0.39, 0.29) is 24.0 Å². The molecule has 0 saturated heterocycles. The second-order valence-electron chi connectivity index (χ2n) is 5.58. The predicted molar refractivity (Wildman–Crippen MR) is 93.5 cm³/mol. The second-order valence-corrected chi connectivity index (χ2v) is 5.99. The van der Waals surface area contributed by atoms with Crippen molar-refractivity contribution in [3.8, 4) is 17.1 Å². The van der Waals surface area contributed by atoms with Crippen LogP contribution in [0.4, 0.5) is 13.2 Å². The first-order valence-corrected chi connectivity index (χ1v) is 8.35. The molecule has 2 aromatic carbocycles. The minimum atomic E-state index is -4.49. The number of nitrogens with zero attached hydrogens (tertiary/aromatic N) is 2. The van der Waals surface area contributed by atoms with Crippen LogP contribution < -0.4 is 10.1 Å². The van der Waals surface area contributed by atoms with Gasteiger partial charge in [0.25, 0.3) is 5.91 Å². The average Bonchev–Trinajstić information content (AvgIpc) is 3.13. The van der Waals surface area contributed by atoms with Crippen molar-refractivity contribution in [2.45, 2.75) is 12.7 Å². The zero-order valence-electron chi connectivity index (χ0n) is 14.2. The molecule has 3 aromatic rings. The maximum absolute atomic E-state index is 12.7. The van der Waals surface area contributed by atoms with Crippen molar-refractivity contribution in [1.82, 2.24) is 15.5 Å². The number of ether oxygens (including phenoxy) is 1. The molecule has 0 aliphatic heterocycles. The third kappa shape index (κ3) is 5.01. The molecule has 146 valence electrons. The van der Waals surface area contributed by atoms with Gasteiger partial charge in [-0.25, -0.2) is 0 Å². The Bertz CT molecular complexity index is 976. The van der Waals surface area contributed by atoms with Gasteiger partial charge in [-0.05, 0) is 30.3 Å². The molecule has 0 fully saturated rings. The number of carbonyl (C=O) groups is 1. The Balaban J connectivity index is 1.52. The smallest absolute Gasteiger partial charge is 0.416 e. The Morgan fingerprint density at radius 3 is 2.71 bits per heavy atom. The number of rotatable bonds is 6. The number of hydrogen-bond acceptors (Lipinski definition) is 5. The molecule has 0 aliphatic carbocycles. The van der Waals surface area contributed by atoms with Gasteiger partial charge >= 0.3 is 6.18 Å². The Hall–Kier alpha value is -3.07. The van der Waals surface area contributed by atoms with Crippen molar-refractivity contribution in [3.63, 3.8) is 0 Å². The maximum Gasteiger partial charge on any atom is 0.416 e. The zero-order chi connectivity index (χ0) is 20.1. The predicted octanol–water partition coefficient (Wildman–Crippen LogP) is 4.10. The molecule has 0 bridgehead atoms. The summed E-state index contributed by atoms with van der Waals surface area (Å²) < 4.78 is 48.1. The summed E-state index contributed by atoms with van der Waals surface area (Å²) in [5.41, 5.74) is -0.276. The van der Waals surface area contributed by atoms with E-state index in [1.807, 2.05) is 0 Å². The lowest BCUT2D eigenvalue weighted by atomic mass is 10.2. The van der Waals surface area contributed by atoms with E-state index < -0.39 is 24.3 Å². The highest BCUT2D eigenvalue weighted by atomic mass is 35.5. The molecular formula is C18H13ClF3N3O3. The first-order valence-electron chi connectivity index (χ1n) is 7.97. The highest BCUT2D eigenvalue weighted by Gasteiger charge is 2.30. The summed E-state index contributed by atoms with van der Waals surface area (Å²) in [4.78, 5) is 16.0. The van der Waals surface area contributed by atoms with E-state index in [1.165, 1.54) is 12.1 Å². The number of alkyl halides is 3. The minimum absolute atomic E-state index is 0.0660. The van der Waals surface area contributed by atoms with E-state index in [0.717, 1.165) is 12.1 Å². The normalized spacial score (nSPS) is 11.3. The van der Waals surface area contributed by atoms with Gasteiger partial charge in [-0.15, -0.1) is 0 Å². The summed E-state index contributed by atoms with van der Waals surface area (Å²) in [6, 6.07) is 11.2. The van der Waals surface area contributed by atoms with Gasteiger partial charge in [0.2, 0.25) is 11.7 Å². The number of benzene rings is 2. The Morgan fingerprint density at radius 2 is 1.96 bits per heavy atom. The highest BCUT2D eigenvalue weighted by molar-refractivity contribution is 6.33. The van der Waals surface area contributed by atoms with Crippen LogP contribution in [-0.4, -0.2) is 22.7 Å². The van der Waals surface area contributed by atoms with Crippen molar-refractivity contribution < 1.29 is 27.2 Å². The molecule has 0 saturated carbocycles. The van der Waals surface area contributed by atoms with E-state index in [0.29, 0.717) is 10.6 Å². The van der Waals surface area contributed by atoms with Gasteiger partial charge in [0, 0.05) is 5.56 Å². The Kier molecular flexibility index (Phi) is 5.84. The quantitative estimate of drug-likeness (QED) is 0.660. The van der Waals surface area contributed by atoms with Crippen LogP contribution in [0.25, 0.3) is 11.4 Å². The third-order valence-corrected chi connectivity index (χ3v) is 3.88. The standard InChI is InChI=1S/C18H13ClF3N3O3/c19-14-7-2-1-6-13(14)17-24-16(28-25-17)9-23-15(26)10-27-12-5-3-4-11(8-12)18(20,21)22/h1-8H,9-10H2,(H,23,26). The van der Waals surface area contributed by atoms with Crippen LogP contribution in [0.5, 0.6) is 5.75 Å². The molecule has 0 atom stereocenters. The zero-order valence-corrected chi connectivity index (χ0v) is 14.9. The summed E-state index contributed by atoms with van der Waals surface area (Å²) in [7, 11) is 0. The number of nitrogens with one attached hydrogen (secondary N) is 1. The van der Waals surface area contributed by atoms with Gasteiger partial charge < -0.3 is 14.6 Å². The number of halogens is 4. The van der Waals surface area contributed by atoms with Crippen molar-refractivity contribution >= 4 is 17.5 Å². The molecule has 1 heterocycles. The molecule has 1 amide bonds. The Labute approximate surface area is 162 Å². The van der Waals surface area contributed by atoms with Crippen LogP contribution >= 0.6 is 11.6 Å². The molecule has 1 N–H and O–H groups in total. The lowest BCUT2D eigenvalue weighted by Crippen LogP contribution is -2.28. The van der Waals surface area contributed by atoms with E-state index >= 15 is 0 Å². The molecule has 1 aromatic heterocycles. The molecule has 0 unspecified atom stereocenters. The lowest BCUT2D eigenvalue weighted by molar-refractivity contribution is -0.137. The molecule has 3 rings (SSSR count). The topological polar surface area (TPSA) is 77.2 Å². The van der Waals surface area contributed by atoms with Crippen LogP contribution in [0.2, 0.25) is 5.02 Å². The van der Waals surface area contributed by atoms with Gasteiger partial charge in [0.15, 0.2) is 6.61 Å². The van der Waals surface area contributed by atoms with E-state index in [4.69, 9.17) is 20.9 Å². The second kappa shape index (κ2) is 8.30. The summed E-state index contributed by atoms with van der Waals surface area (Å²) >= 11 is 6.06.